The lowest BCUT2D eigenvalue weighted by Crippen LogP contribution is -2.54. The van der Waals surface area contributed by atoms with Crippen molar-refractivity contribution < 1.29 is 9.53 Å². The number of amides is 1. The van der Waals surface area contributed by atoms with Gasteiger partial charge in [0.15, 0.2) is 0 Å². The summed E-state index contributed by atoms with van der Waals surface area (Å²) in [5, 5.41) is 0. The van der Waals surface area contributed by atoms with E-state index in [2.05, 4.69) is 25.8 Å². The van der Waals surface area contributed by atoms with Gasteiger partial charge in [-0.2, -0.15) is 0 Å². The quantitative estimate of drug-likeness (QED) is 0.766. The highest BCUT2D eigenvalue weighted by Crippen LogP contribution is 2.28. The van der Waals surface area contributed by atoms with Crippen LogP contribution in [0.4, 0.5) is 11.5 Å². The highest BCUT2D eigenvalue weighted by molar-refractivity contribution is 5.78. The Morgan fingerprint density at radius 2 is 1.59 bits per heavy atom. The Balaban J connectivity index is 1.24. The number of carbonyl (C=O) groups excluding carboxylic acids is 1. The molecule has 4 rings (SSSR count). The van der Waals surface area contributed by atoms with Crippen LogP contribution >= 0.6 is 0 Å². The first-order valence-corrected chi connectivity index (χ1v) is 10.3. The van der Waals surface area contributed by atoms with E-state index in [1.165, 1.54) is 0 Å². The van der Waals surface area contributed by atoms with Gasteiger partial charge in [-0.3, -0.25) is 9.69 Å². The van der Waals surface area contributed by atoms with Crippen LogP contribution in [-0.2, 0) is 4.79 Å². The first-order chi connectivity index (χ1) is 14.2. The summed E-state index contributed by atoms with van der Waals surface area (Å²) in [6, 6.07) is 14.1. The Hall–Kier alpha value is -2.80. The van der Waals surface area contributed by atoms with Crippen LogP contribution in [0.25, 0.3) is 0 Å². The second-order valence-electron chi connectivity index (χ2n) is 7.49. The molecule has 1 amide bonds. The number of rotatable bonds is 5. The van der Waals surface area contributed by atoms with E-state index >= 15 is 0 Å². The summed E-state index contributed by atoms with van der Waals surface area (Å²) in [6.07, 6.45) is 1.83. The van der Waals surface area contributed by atoms with Gasteiger partial charge in [-0.05, 0) is 24.3 Å². The minimum atomic E-state index is 0.232. The molecule has 0 atom stereocenters. The molecule has 0 N–H and O–H groups in total. The van der Waals surface area contributed by atoms with Gasteiger partial charge in [-0.15, -0.1) is 0 Å². The van der Waals surface area contributed by atoms with Crippen LogP contribution in [0.2, 0.25) is 0 Å². The highest BCUT2D eigenvalue weighted by atomic mass is 16.5. The average Bonchev–Trinajstić information content (AvgIpc) is 2.80. The SMILES string of the molecule is COc1ccccc1N1CCN(C(=O)CN2CCN(c3ccccn3)CC2)CC1. The number of carbonyl (C=O) groups is 1. The van der Waals surface area contributed by atoms with Gasteiger partial charge in [0.25, 0.3) is 0 Å². The average molecular weight is 396 g/mol. The molecule has 1 aromatic carbocycles. The number of aromatic nitrogens is 1. The summed E-state index contributed by atoms with van der Waals surface area (Å²) < 4.78 is 5.48. The second-order valence-corrected chi connectivity index (χ2v) is 7.49. The standard InChI is InChI=1S/C22H29N5O2/c1-29-20-7-3-2-6-19(20)25-14-16-27(17-15-25)22(28)18-24-10-12-26(13-11-24)21-8-4-5-9-23-21/h2-9H,10-18H2,1H3. The van der Waals surface area contributed by atoms with Gasteiger partial charge in [0.05, 0.1) is 19.3 Å². The summed E-state index contributed by atoms with van der Waals surface area (Å²) in [5.74, 6) is 2.14. The Bertz CT molecular complexity index is 800. The molecule has 0 spiro atoms. The number of pyridine rings is 1. The maximum absolute atomic E-state index is 12.8. The van der Waals surface area contributed by atoms with Gasteiger partial charge in [0.1, 0.15) is 11.6 Å². The molecule has 154 valence electrons. The predicted octanol–water partition coefficient (Wildman–Crippen LogP) is 1.56. The molecule has 7 nitrogen and oxygen atoms in total. The van der Waals surface area contributed by atoms with E-state index in [0.29, 0.717) is 6.54 Å². The predicted molar refractivity (Wildman–Crippen MR) is 115 cm³/mol. The number of methoxy groups -OCH3 is 1. The summed E-state index contributed by atoms with van der Waals surface area (Å²) in [7, 11) is 1.70. The van der Waals surface area contributed by atoms with Crippen molar-refractivity contribution >= 4 is 17.4 Å². The molecule has 2 aliphatic heterocycles. The third-order valence-electron chi connectivity index (χ3n) is 5.76. The van der Waals surface area contributed by atoms with E-state index in [4.69, 9.17) is 4.74 Å². The van der Waals surface area contributed by atoms with Crippen molar-refractivity contribution in [2.24, 2.45) is 0 Å². The Morgan fingerprint density at radius 3 is 2.28 bits per heavy atom. The zero-order valence-electron chi connectivity index (χ0n) is 17.0. The fraction of sp³-hybridized carbons (Fsp3) is 0.455. The number of benzene rings is 1. The molecule has 3 heterocycles. The van der Waals surface area contributed by atoms with Crippen LogP contribution in [0.3, 0.4) is 0 Å². The minimum absolute atomic E-state index is 0.232. The van der Waals surface area contributed by atoms with Gasteiger partial charge in [-0.25, -0.2) is 4.98 Å². The van der Waals surface area contributed by atoms with Crippen LogP contribution in [0, 0.1) is 0 Å². The number of nitrogens with zero attached hydrogens (tertiary/aromatic N) is 5. The first-order valence-electron chi connectivity index (χ1n) is 10.3. The zero-order chi connectivity index (χ0) is 20.1. The smallest absolute Gasteiger partial charge is 0.236 e. The minimum Gasteiger partial charge on any atom is -0.495 e. The van der Waals surface area contributed by atoms with Crippen molar-refractivity contribution in [2.75, 3.05) is 75.8 Å². The lowest BCUT2D eigenvalue weighted by Gasteiger charge is -2.39. The lowest BCUT2D eigenvalue weighted by atomic mass is 10.2. The van der Waals surface area contributed by atoms with Crippen molar-refractivity contribution in [1.82, 2.24) is 14.8 Å². The Kier molecular flexibility index (Phi) is 6.14. The van der Waals surface area contributed by atoms with Gasteiger partial charge >= 0.3 is 0 Å². The molecule has 2 fully saturated rings. The van der Waals surface area contributed by atoms with Gasteiger partial charge < -0.3 is 19.4 Å². The van der Waals surface area contributed by atoms with Crippen molar-refractivity contribution in [3.63, 3.8) is 0 Å². The molecule has 0 radical (unpaired) electrons. The van der Waals surface area contributed by atoms with Crippen LogP contribution in [0.5, 0.6) is 5.75 Å². The van der Waals surface area contributed by atoms with E-state index in [0.717, 1.165) is 69.6 Å². The fourth-order valence-corrected chi connectivity index (χ4v) is 4.05. The maximum Gasteiger partial charge on any atom is 0.236 e. The molecular formula is C22H29N5O2. The van der Waals surface area contributed by atoms with Crippen molar-refractivity contribution in [2.45, 2.75) is 0 Å². The van der Waals surface area contributed by atoms with Crippen LogP contribution < -0.4 is 14.5 Å². The van der Waals surface area contributed by atoms with Gasteiger partial charge in [0.2, 0.25) is 5.91 Å². The number of hydrogen-bond donors (Lipinski definition) is 0. The van der Waals surface area contributed by atoms with E-state index in [1.807, 2.05) is 47.5 Å². The van der Waals surface area contributed by atoms with Crippen LogP contribution in [0.1, 0.15) is 0 Å². The summed E-state index contributed by atoms with van der Waals surface area (Å²) in [6.45, 7) is 7.28. The monoisotopic (exact) mass is 395 g/mol. The third-order valence-corrected chi connectivity index (χ3v) is 5.76. The van der Waals surface area contributed by atoms with Crippen molar-refractivity contribution in [3.8, 4) is 5.75 Å². The van der Waals surface area contributed by atoms with Crippen LogP contribution in [0.15, 0.2) is 48.7 Å². The molecular weight excluding hydrogens is 366 g/mol. The van der Waals surface area contributed by atoms with Crippen LogP contribution in [-0.4, -0.2) is 86.7 Å². The zero-order valence-corrected chi connectivity index (χ0v) is 17.0. The molecule has 2 saturated heterocycles. The highest BCUT2D eigenvalue weighted by Gasteiger charge is 2.25. The molecule has 0 bridgehead atoms. The van der Waals surface area contributed by atoms with E-state index in [9.17, 15) is 4.79 Å². The first kappa shape index (κ1) is 19.5. The van der Waals surface area contributed by atoms with Crippen molar-refractivity contribution in [1.29, 1.82) is 0 Å². The van der Waals surface area contributed by atoms with Gasteiger partial charge in [0, 0.05) is 58.6 Å². The number of ether oxygens (including phenoxy) is 1. The van der Waals surface area contributed by atoms with Gasteiger partial charge in [-0.1, -0.05) is 18.2 Å². The number of hydrogen-bond acceptors (Lipinski definition) is 6. The van der Waals surface area contributed by atoms with E-state index in [-0.39, 0.29) is 5.91 Å². The van der Waals surface area contributed by atoms with E-state index in [1.54, 1.807) is 7.11 Å². The topological polar surface area (TPSA) is 52.2 Å². The molecule has 0 aliphatic carbocycles. The van der Waals surface area contributed by atoms with Crippen molar-refractivity contribution in [3.05, 3.63) is 48.7 Å². The molecule has 1 aromatic heterocycles. The largest absolute Gasteiger partial charge is 0.495 e. The lowest BCUT2D eigenvalue weighted by molar-refractivity contribution is -0.132. The summed E-state index contributed by atoms with van der Waals surface area (Å²) >= 11 is 0. The summed E-state index contributed by atoms with van der Waals surface area (Å²) in [4.78, 5) is 26.1. The normalized spacial score (nSPS) is 18.0. The molecule has 29 heavy (non-hydrogen) atoms. The number of para-hydroxylation sites is 2. The summed E-state index contributed by atoms with van der Waals surface area (Å²) in [5.41, 5.74) is 1.10. The second kappa shape index (κ2) is 9.13. The Labute approximate surface area is 172 Å². The molecule has 2 aliphatic rings. The maximum atomic E-state index is 12.8. The molecule has 7 heteroatoms. The number of anilines is 2. The number of piperazine rings is 2. The molecule has 2 aromatic rings. The Morgan fingerprint density at radius 1 is 0.897 bits per heavy atom. The fourth-order valence-electron chi connectivity index (χ4n) is 4.05. The molecule has 0 unspecified atom stereocenters. The molecule has 0 saturated carbocycles. The third kappa shape index (κ3) is 4.62. The van der Waals surface area contributed by atoms with E-state index < -0.39 is 0 Å².